The zero-order valence-corrected chi connectivity index (χ0v) is 9.96. The van der Waals surface area contributed by atoms with E-state index >= 15 is 0 Å². The molecule has 1 aliphatic rings. The summed E-state index contributed by atoms with van der Waals surface area (Å²) in [6.07, 6.45) is 0. The summed E-state index contributed by atoms with van der Waals surface area (Å²) in [7, 11) is 0. The highest BCUT2D eigenvalue weighted by Crippen LogP contribution is 2.30. The smallest absolute Gasteiger partial charge is 0.308 e. The highest BCUT2D eigenvalue weighted by Gasteiger charge is 2.34. The van der Waals surface area contributed by atoms with Gasteiger partial charge in [-0.25, -0.2) is 0 Å². The van der Waals surface area contributed by atoms with Crippen LogP contribution >= 0.6 is 12.4 Å². The van der Waals surface area contributed by atoms with Gasteiger partial charge in [0.1, 0.15) is 0 Å². The molecule has 4 heteroatoms. The van der Waals surface area contributed by atoms with Crippen LogP contribution in [0.15, 0.2) is 24.3 Å². The van der Waals surface area contributed by atoms with E-state index in [4.69, 9.17) is 5.11 Å². The van der Waals surface area contributed by atoms with Crippen LogP contribution in [-0.2, 0) is 4.79 Å². The Morgan fingerprint density at radius 2 is 2.06 bits per heavy atom. The number of halogens is 1. The lowest BCUT2D eigenvalue weighted by Crippen LogP contribution is -2.21. The molecule has 2 rings (SSSR count). The molecule has 0 spiro atoms. The number of carbonyl (C=O) groups is 1. The standard InChI is InChI=1S/C12H15NO2.ClH/c1-8-4-2-3-5-9(8)10-6-13-7-11(10)12(14)15;/h2-5,10-11,13H,6-7H2,1H3,(H,14,15);1H/t10-,11+;/m0./s1. The van der Waals surface area contributed by atoms with Gasteiger partial charge in [-0.2, -0.15) is 0 Å². The van der Waals surface area contributed by atoms with Crippen LogP contribution in [0, 0.1) is 12.8 Å². The molecule has 1 aromatic rings. The van der Waals surface area contributed by atoms with Crippen LogP contribution < -0.4 is 5.32 Å². The largest absolute Gasteiger partial charge is 0.481 e. The molecule has 2 atom stereocenters. The molecule has 1 saturated heterocycles. The minimum Gasteiger partial charge on any atom is -0.481 e. The minimum atomic E-state index is -0.701. The van der Waals surface area contributed by atoms with Crippen molar-refractivity contribution >= 4 is 18.4 Å². The van der Waals surface area contributed by atoms with E-state index in [-0.39, 0.29) is 24.2 Å². The summed E-state index contributed by atoms with van der Waals surface area (Å²) in [6.45, 7) is 3.38. The van der Waals surface area contributed by atoms with Gasteiger partial charge in [-0.05, 0) is 18.1 Å². The second kappa shape index (κ2) is 5.32. The van der Waals surface area contributed by atoms with Crippen molar-refractivity contribution in [3.8, 4) is 0 Å². The van der Waals surface area contributed by atoms with Crippen molar-refractivity contribution in [2.24, 2.45) is 5.92 Å². The van der Waals surface area contributed by atoms with E-state index in [9.17, 15) is 4.79 Å². The Labute approximate surface area is 101 Å². The first kappa shape index (κ1) is 13.0. The highest BCUT2D eigenvalue weighted by atomic mass is 35.5. The van der Waals surface area contributed by atoms with E-state index in [1.54, 1.807) is 0 Å². The van der Waals surface area contributed by atoms with Crippen molar-refractivity contribution in [3.05, 3.63) is 35.4 Å². The monoisotopic (exact) mass is 241 g/mol. The lowest BCUT2D eigenvalue weighted by Gasteiger charge is -2.17. The van der Waals surface area contributed by atoms with Gasteiger partial charge in [0.15, 0.2) is 0 Å². The van der Waals surface area contributed by atoms with Crippen LogP contribution in [0.4, 0.5) is 0 Å². The maximum atomic E-state index is 11.1. The van der Waals surface area contributed by atoms with Gasteiger partial charge in [0.05, 0.1) is 5.92 Å². The summed E-state index contributed by atoms with van der Waals surface area (Å²) in [5.41, 5.74) is 2.34. The first-order valence-electron chi connectivity index (χ1n) is 5.19. The number of hydrogen-bond donors (Lipinski definition) is 2. The highest BCUT2D eigenvalue weighted by molar-refractivity contribution is 5.85. The van der Waals surface area contributed by atoms with Crippen LogP contribution in [0.2, 0.25) is 0 Å². The maximum absolute atomic E-state index is 11.1. The third-order valence-electron chi connectivity index (χ3n) is 3.12. The number of carboxylic acids is 1. The van der Waals surface area contributed by atoms with E-state index < -0.39 is 5.97 Å². The van der Waals surface area contributed by atoms with Gasteiger partial charge in [-0.3, -0.25) is 4.79 Å². The topological polar surface area (TPSA) is 49.3 Å². The third kappa shape index (κ3) is 2.36. The van der Waals surface area contributed by atoms with E-state index in [0.717, 1.165) is 12.1 Å². The molecule has 0 bridgehead atoms. The predicted molar refractivity (Wildman–Crippen MR) is 65.2 cm³/mol. The molecular weight excluding hydrogens is 226 g/mol. The molecule has 1 aromatic carbocycles. The summed E-state index contributed by atoms with van der Waals surface area (Å²) in [5.74, 6) is -0.872. The zero-order valence-electron chi connectivity index (χ0n) is 9.14. The lowest BCUT2D eigenvalue weighted by molar-refractivity contribution is -0.141. The van der Waals surface area contributed by atoms with Crippen LogP contribution in [0.1, 0.15) is 17.0 Å². The average molecular weight is 242 g/mol. The number of carboxylic acid groups (broad SMARTS) is 1. The number of hydrogen-bond acceptors (Lipinski definition) is 2. The van der Waals surface area contributed by atoms with Crippen molar-refractivity contribution in [1.82, 2.24) is 5.32 Å². The SMILES string of the molecule is Cc1ccccc1[C@@H]1CNC[C@H]1C(=O)O.Cl. The molecule has 3 nitrogen and oxygen atoms in total. The summed E-state index contributed by atoms with van der Waals surface area (Å²) in [5, 5.41) is 12.2. The fourth-order valence-corrected chi connectivity index (χ4v) is 2.27. The van der Waals surface area contributed by atoms with Crippen LogP contribution in [-0.4, -0.2) is 24.2 Å². The van der Waals surface area contributed by atoms with Gasteiger partial charge in [0.2, 0.25) is 0 Å². The van der Waals surface area contributed by atoms with Gasteiger partial charge in [-0.1, -0.05) is 24.3 Å². The lowest BCUT2D eigenvalue weighted by atomic mass is 9.86. The van der Waals surface area contributed by atoms with Gasteiger partial charge >= 0.3 is 5.97 Å². The van der Waals surface area contributed by atoms with Gasteiger partial charge in [0.25, 0.3) is 0 Å². The second-order valence-corrected chi connectivity index (χ2v) is 4.07. The second-order valence-electron chi connectivity index (χ2n) is 4.07. The Hall–Kier alpha value is -1.06. The average Bonchev–Trinajstić information content (AvgIpc) is 2.67. The van der Waals surface area contributed by atoms with Gasteiger partial charge in [0, 0.05) is 19.0 Å². The Kier molecular flexibility index (Phi) is 4.33. The molecule has 0 unspecified atom stereocenters. The quantitative estimate of drug-likeness (QED) is 0.830. The predicted octanol–water partition coefficient (Wildman–Crippen LogP) is 1.80. The number of rotatable bonds is 2. The molecule has 0 amide bonds. The molecule has 1 aliphatic heterocycles. The van der Waals surface area contributed by atoms with Crippen LogP contribution in [0.3, 0.4) is 0 Å². The van der Waals surface area contributed by atoms with Crippen molar-refractivity contribution < 1.29 is 9.90 Å². The van der Waals surface area contributed by atoms with Gasteiger partial charge < -0.3 is 10.4 Å². The number of aliphatic carboxylic acids is 1. The normalized spacial score (nSPS) is 23.8. The van der Waals surface area contributed by atoms with Crippen molar-refractivity contribution in [1.29, 1.82) is 0 Å². The van der Waals surface area contributed by atoms with Crippen molar-refractivity contribution in [2.75, 3.05) is 13.1 Å². The van der Waals surface area contributed by atoms with Crippen LogP contribution in [0.25, 0.3) is 0 Å². The minimum absolute atomic E-state index is 0. The Bertz CT molecular complexity index is 381. The molecule has 0 radical (unpaired) electrons. The van der Waals surface area contributed by atoms with E-state index in [1.807, 2.05) is 31.2 Å². The molecule has 2 N–H and O–H groups in total. The van der Waals surface area contributed by atoms with Crippen molar-refractivity contribution in [3.63, 3.8) is 0 Å². The van der Waals surface area contributed by atoms with Crippen molar-refractivity contribution in [2.45, 2.75) is 12.8 Å². The third-order valence-corrected chi connectivity index (χ3v) is 3.12. The van der Waals surface area contributed by atoms with E-state index in [0.29, 0.717) is 6.54 Å². The fraction of sp³-hybridized carbons (Fsp3) is 0.417. The molecule has 1 fully saturated rings. The molecule has 88 valence electrons. The molecule has 0 aliphatic carbocycles. The molecular formula is C12H16ClNO2. The van der Waals surface area contributed by atoms with Crippen LogP contribution in [0.5, 0.6) is 0 Å². The van der Waals surface area contributed by atoms with Gasteiger partial charge in [-0.15, -0.1) is 12.4 Å². The molecule has 0 saturated carbocycles. The van der Waals surface area contributed by atoms with E-state index in [1.165, 1.54) is 5.56 Å². The summed E-state index contributed by atoms with van der Waals surface area (Å²) < 4.78 is 0. The number of aryl methyl sites for hydroxylation is 1. The summed E-state index contributed by atoms with van der Waals surface area (Å²) >= 11 is 0. The first-order valence-corrected chi connectivity index (χ1v) is 5.19. The fourth-order valence-electron chi connectivity index (χ4n) is 2.27. The molecule has 1 heterocycles. The number of benzene rings is 1. The first-order chi connectivity index (χ1) is 7.20. The summed E-state index contributed by atoms with van der Waals surface area (Å²) in [6, 6.07) is 8.02. The zero-order chi connectivity index (χ0) is 10.8. The maximum Gasteiger partial charge on any atom is 0.308 e. The Morgan fingerprint density at radius 1 is 1.38 bits per heavy atom. The summed E-state index contributed by atoms with van der Waals surface area (Å²) in [4.78, 5) is 11.1. The number of nitrogens with one attached hydrogen (secondary N) is 1. The van der Waals surface area contributed by atoms with E-state index in [2.05, 4.69) is 5.32 Å². The Morgan fingerprint density at radius 3 is 2.69 bits per heavy atom. The Balaban J connectivity index is 0.00000128. The molecule has 16 heavy (non-hydrogen) atoms. The molecule has 0 aromatic heterocycles.